The number of likely N-dealkylation sites (N-methyl/N-ethyl adjacent to an activating group) is 1. The summed E-state index contributed by atoms with van der Waals surface area (Å²) >= 11 is 6.20. The Kier molecular flexibility index (Phi) is 5.12. The van der Waals surface area contributed by atoms with E-state index in [-0.39, 0.29) is 22.0 Å². The van der Waals surface area contributed by atoms with Gasteiger partial charge in [0, 0.05) is 36.3 Å². The molecule has 1 unspecified atom stereocenters. The van der Waals surface area contributed by atoms with Crippen LogP contribution in [0.25, 0.3) is 11.0 Å². The van der Waals surface area contributed by atoms with Crippen LogP contribution in [0.1, 0.15) is 42.1 Å². The van der Waals surface area contributed by atoms with Gasteiger partial charge in [0.05, 0.1) is 23.6 Å². The Balaban J connectivity index is 1.88. The molecule has 1 fully saturated rings. The topological polar surface area (TPSA) is 56.1 Å². The highest BCUT2D eigenvalue weighted by atomic mass is 35.5. The van der Waals surface area contributed by atoms with Crippen LogP contribution in [0.3, 0.4) is 0 Å². The molecule has 0 bridgehead atoms. The maximum atomic E-state index is 14.9. The molecular formula is C19H19ClF3N5O. The molecule has 29 heavy (non-hydrogen) atoms. The molecule has 1 saturated heterocycles. The van der Waals surface area contributed by atoms with Gasteiger partial charge in [-0.2, -0.15) is 5.10 Å². The first-order chi connectivity index (χ1) is 13.8. The summed E-state index contributed by atoms with van der Waals surface area (Å²) in [5.41, 5.74) is 0.808. The smallest absolute Gasteiger partial charge is 0.282 e. The lowest BCUT2D eigenvalue weighted by molar-refractivity contribution is 0.146. The highest BCUT2D eigenvalue weighted by Crippen LogP contribution is 2.43. The van der Waals surface area contributed by atoms with Crippen molar-refractivity contribution in [1.29, 1.82) is 0 Å². The number of halogens is 4. The lowest BCUT2D eigenvalue weighted by Gasteiger charge is -2.38. The highest BCUT2D eigenvalue weighted by Gasteiger charge is 2.34. The van der Waals surface area contributed by atoms with Crippen LogP contribution in [0.4, 0.5) is 13.2 Å². The Bertz CT molecular complexity index is 1070. The number of likely N-dealkylation sites (tertiary alicyclic amines) is 1. The van der Waals surface area contributed by atoms with Crippen molar-refractivity contribution in [3.05, 3.63) is 46.3 Å². The van der Waals surface area contributed by atoms with Crippen molar-refractivity contribution >= 4 is 22.6 Å². The van der Waals surface area contributed by atoms with E-state index in [0.717, 1.165) is 0 Å². The summed E-state index contributed by atoms with van der Waals surface area (Å²) in [6, 6.07) is 0.882. The zero-order valence-electron chi connectivity index (χ0n) is 16.0. The summed E-state index contributed by atoms with van der Waals surface area (Å²) in [5.74, 6) is -0.222. The van der Waals surface area contributed by atoms with E-state index >= 15 is 0 Å². The summed E-state index contributed by atoms with van der Waals surface area (Å²) in [5, 5.41) is 4.20. The van der Waals surface area contributed by atoms with Crippen LogP contribution >= 0.6 is 11.6 Å². The van der Waals surface area contributed by atoms with E-state index in [0.29, 0.717) is 30.0 Å². The molecule has 0 amide bonds. The fourth-order valence-corrected chi connectivity index (χ4v) is 4.12. The van der Waals surface area contributed by atoms with Crippen molar-refractivity contribution in [3.63, 3.8) is 0 Å². The molecule has 1 aromatic carbocycles. The number of hydrogen-bond acceptors (Lipinski definition) is 5. The molecule has 4 rings (SSSR count). The van der Waals surface area contributed by atoms with Gasteiger partial charge in [0.25, 0.3) is 6.43 Å². The van der Waals surface area contributed by atoms with Gasteiger partial charge in [0.15, 0.2) is 5.65 Å². The Labute approximate surface area is 170 Å². The van der Waals surface area contributed by atoms with Crippen LogP contribution < -0.4 is 4.74 Å². The summed E-state index contributed by atoms with van der Waals surface area (Å²) in [4.78, 5) is 10.0. The number of hydrogen-bond donors (Lipinski definition) is 0. The fourth-order valence-electron chi connectivity index (χ4n) is 3.90. The van der Waals surface area contributed by atoms with Crippen LogP contribution in [0.5, 0.6) is 5.75 Å². The van der Waals surface area contributed by atoms with Gasteiger partial charge in [0.2, 0.25) is 0 Å². The number of ether oxygens (including phenoxy) is 1. The molecule has 1 atom stereocenters. The molecule has 0 spiro atoms. The summed E-state index contributed by atoms with van der Waals surface area (Å²) < 4.78 is 48.8. The third kappa shape index (κ3) is 3.22. The predicted molar refractivity (Wildman–Crippen MR) is 102 cm³/mol. The number of aromatic nitrogens is 4. The molecule has 1 aliphatic rings. The van der Waals surface area contributed by atoms with Crippen molar-refractivity contribution in [2.24, 2.45) is 0 Å². The van der Waals surface area contributed by atoms with E-state index in [1.165, 1.54) is 30.4 Å². The second kappa shape index (κ2) is 7.46. The number of methoxy groups -OCH3 is 1. The first-order valence-corrected chi connectivity index (χ1v) is 9.41. The SMILES string of the molecule is COc1c(C(C)n2nc(C(F)F)c3cncnc32)cc(Cl)c(F)c1C1CN(C)C1. The van der Waals surface area contributed by atoms with Gasteiger partial charge < -0.3 is 9.64 Å². The summed E-state index contributed by atoms with van der Waals surface area (Å²) in [6.07, 6.45) is -0.200. The van der Waals surface area contributed by atoms with Gasteiger partial charge in [-0.15, -0.1) is 0 Å². The number of benzene rings is 1. The second-order valence-corrected chi connectivity index (χ2v) is 7.60. The van der Waals surface area contributed by atoms with E-state index in [1.807, 2.05) is 7.05 Å². The molecule has 6 nitrogen and oxygen atoms in total. The van der Waals surface area contributed by atoms with Gasteiger partial charge >= 0.3 is 0 Å². The average molecular weight is 426 g/mol. The van der Waals surface area contributed by atoms with Gasteiger partial charge in [0.1, 0.15) is 23.6 Å². The Morgan fingerprint density at radius 2 is 2.03 bits per heavy atom. The third-order valence-electron chi connectivity index (χ3n) is 5.33. The summed E-state index contributed by atoms with van der Waals surface area (Å²) in [6.45, 7) is 3.11. The van der Waals surface area contributed by atoms with Crippen molar-refractivity contribution in [2.45, 2.75) is 25.3 Å². The van der Waals surface area contributed by atoms with Crippen LogP contribution in [0.15, 0.2) is 18.6 Å². The van der Waals surface area contributed by atoms with E-state index in [4.69, 9.17) is 16.3 Å². The van der Waals surface area contributed by atoms with Gasteiger partial charge in [-0.1, -0.05) is 11.6 Å². The molecule has 3 heterocycles. The van der Waals surface area contributed by atoms with Crippen LogP contribution in [0.2, 0.25) is 5.02 Å². The normalized spacial score (nSPS) is 16.4. The third-order valence-corrected chi connectivity index (χ3v) is 5.61. The minimum atomic E-state index is -2.78. The quantitative estimate of drug-likeness (QED) is 0.613. The molecule has 0 aliphatic carbocycles. The van der Waals surface area contributed by atoms with Crippen molar-refractivity contribution in [3.8, 4) is 5.75 Å². The van der Waals surface area contributed by atoms with Gasteiger partial charge in [-0.05, 0) is 20.0 Å². The molecule has 2 aromatic heterocycles. The predicted octanol–water partition coefficient (Wildman–Crippen LogP) is 4.20. The minimum absolute atomic E-state index is 0.0441. The molecule has 0 saturated carbocycles. The number of nitrogens with zero attached hydrogens (tertiary/aromatic N) is 5. The number of rotatable bonds is 5. The van der Waals surface area contributed by atoms with E-state index < -0.39 is 24.0 Å². The Hall–Kier alpha value is -2.39. The minimum Gasteiger partial charge on any atom is -0.496 e. The number of fused-ring (bicyclic) bond motifs is 1. The largest absolute Gasteiger partial charge is 0.496 e. The van der Waals surface area contributed by atoms with E-state index in [9.17, 15) is 13.2 Å². The molecule has 0 radical (unpaired) electrons. The zero-order chi connectivity index (χ0) is 20.9. The van der Waals surface area contributed by atoms with Crippen molar-refractivity contribution in [2.75, 3.05) is 27.2 Å². The molecule has 1 aliphatic heterocycles. The maximum absolute atomic E-state index is 14.9. The van der Waals surface area contributed by atoms with Gasteiger partial charge in [-0.25, -0.2) is 27.8 Å². The maximum Gasteiger partial charge on any atom is 0.282 e. The van der Waals surface area contributed by atoms with E-state index in [2.05, 4.69) is 20.0 Å². The highest BCUT2D eigenvalue weighted by molar-refractivity contribution is 6.31. The first kappa shape index (κ1) is 19.9. The van der Waals surface area contributed by atoms with Gasteiger partial charge in [-0.3, -0.25) is 0 Å². The Morgan fingerprint density at radius 3 is 2.66 bits per heavy atom. The van der Waals surface area contributed by atoms with Crippen molar-refractivity contribution in [1.82, 2.24) is 24.6 Å². The van der Waals surface area contributed by atoms with Crippen LogP contribution in [0, 0.1) is 5.82 Å². The lowest BCUT2D eigenvalue weighted by Crippen LogP contribution is -2.42. The zero-order valence-corrected chi connectivity index (χ0v) is 16.8. The standard InChI is InChI=1S/C19H19ClF3N5O/c1-9(28-19-12(5-24-8-25-19)16(26-28)18(22)23)11-4-13(20)15(21)14(17(11)29-3)10-6-27(2)7-10/h4-5,8-10,18H,6-7H2,1-3H3. The monoisotopic (exact) mass is 425 g/mol. The second-order valence-electron chi connectivity index (χ2n) is 7.19. The molecule has 10 heteroatoms. The Morgan fingerprint density at radius 1 is 1.31 bits per heavy atom. The summed E-state index contributed by atoms with van der Waals surface area (Å²) in [7, 11) is 3.40. The van der Waals surface area contributed by atoms with Crippen molar-refractivity contribution < 1.29 is 17.9 Å². The van der Waals surface area contributed by atoms with E-state index in [1.54, 1.807) is 6.92 Å². The molecule has 3 aromatic rings. The first-order valence-electron chi connectivity index (χ1n) is 9.04. The average Bonchev–Trinajstić information content (AvgIpc) is 3.07. The fraction of sp³-hybridized carbons (Fsp3) is 0.421. The van der Waals surface area contributed by atoms with Crippen LogP contribution in [-0.2, 0) is 0 Å². The molecule has 154 valence electrons. The van der Waals surface area contributed by atoms with Crippen LogP contribution in [-0.4, -0.2) is 51.9 Å². The molecule has 0 N–H and O–H groups in total. The lowest BCUT2D eigenvalue weighted by atomic mass is 9.88. The number of alkyl halides is 2. The molecular weight excluding hydrogens is 407 g/mol.